The zero-order chi connectivity index (χ0) is 18.1. The van der Waals surface area contributed by atoms with Gasteiger partial charge in [-0.1, -0.05) is 36.4 Å². The molecule has 2 aromatic carbocycles. The Balaban J connectivity index is 1.52. The summed E-state index contributed by atoms with van der Waals surface area (Å²) in [7, 11) is 1.68. The fraction of sp³-hybridized carbons (Fsp3) is 0.300. The summed E-state index contributed by atoms with van der Waals surface area (Å²) in [6.45, 7) is 0.744. The normalized spacial score (nSPS) is 19.0. The molecule has 0 aliphatic carbocycles. The van der Waals surface area contributed by atoms with Gasteiger partial charge in [0.2, 0.25) is 0 Å². The minimum atomic E-state index is -0.337. The molecule has 1 N–H and O–H groups in total. The predicted molar refractivity (Wildman–Crippen MR) is 95.3 cm³/mol. The van der Waals surface area contributed by atoms with Crippen molar-refractivity contribution in [2.24, 2.45) is 0 Å². The van der Waals surface area contributed by atoms with Crippen molar-refractivity contribution in [3.05, 3.63) is 59.7 Å². The van der Waals surface area contributed by atoms with E-state index in [0.717, 1.165) is 22.6 Å². The third-order valence-electron chi connectivity index (χ3n) is 4.78. The van der Waals surface area contributed by atoms with Crippen molar-refractivity contribution in [3.8, 4) is 11.5 Å². The summed E-state index contributed by atoms with van der Waals surface area (Å²) in [5, 5.41) is 2.71. The molecule has 1 unspecified atom stereocenters. The number of carbonyl (C=O) groups is 2. The fourth-order valence-electron chi connectivity index (χ4n) is 3.50. The van der Waals surface area contributed by atoms with Crippen molar-refractivity contribution in [3.63, 3.8) is 0 Å². The van der Waals surface area contributed by atoms with Crippen LogP contribution in [0.2, 0.25) is 0 Å². The number of nitrogens with one attached hydrogen (secondary N) is 1. The molecule has 0 spiro atoms. The molecular formula is C20H20N2O4. The Morgan fingerprint density at radius 1 is 1.15 bits per heavy atom. The lowest BCUT2D eigenvalue weighted by Crippen LogP contribution is -2.53. The highest BCUT2D eigenvalue weighted by atomic mass is 16.5. The highest BCUT2D eigenvalue weighted by molar-refractivity contribution is 5.76. The SMILES string of the molecule is CN1CC(OC(=O)CC2c3ccccc3Oc3ccccc32)CNC1=O. The van der Waals surface area contributed by atoms with Gasteiger partial charge in [-0.3, -0.25) is 4.79 Å². The Bertz CT molecular complexity index is 806. The standard InChI is InChI=1S/C20H20N2O4/c1-22-12-13(11-21-20(22)24)25-19(23)10-16-14-6-2-4-8-17(14)26-18-9-5-3-7-15(16)18/h2-9,13,16H,10-12H2,1H3,(H,21,24). The summed E-state index contributed by atoms with van der Waals surface area (Å²) in [4.78, 5) is 25.6. The molecule has 1 saturated heterocycles. The fourth-order valence-corrected chi connectivity index (χ4v) is 3.50. The lowest BCUT2D eigenvalue weighted by atomic mass is 9.85. The number of esters is 1. The molecule has 0 aromatic heterocycles. The summed E-state index contributed by atoms with van der Waals surface area (Å²) in [5.41, 5.74) is 1.97. The lowest BCUT2D eigenvalue weighted by Gasteiger charge is -2.31. The number of benzene rings is 2. The van der Waals surface area contributed by atoms with E-state index in [0.29, 0.717) is 13.1 Å². The van der Waals surface area contributed by atoms with E-state index in [1.807, 2.05) is 48.5 Å². The van der Waals surface area contributed by atoms with Crippen molar-refractivity contribution < 1.29 is 19.1 Å². The highest BCUT2D eigenvalue weighted by Gasteiger charge is 2.31. The Kier molecular flexibility index (Phi) is 4.24. The summed E-state index contributed by atoms with van der Waals surface area (Å²) < 4.78 is 11.6. The molecule has 26 heavy (non-hydrogen) atoms. The third-order valence-corrected chi connectivity index (χ3v) is 4.78. The molecule has 0 radical (unpaired) electrons. The number of likely N-dealkylation sites (N-methyl/N-ethyl adjacent to an activating group) is 1. The number of para-hydroxylation sites is 2. The number of ether oxygens (including phenoxy) is 2. The van der Waals surface area contributed by atoms with Gasteiger partial charge in [0.05, 0.1) is 19.5 Å². The molecular weight excluding hydrogens is 332 g/mol. The van der Waals surface area contributed by atoms with Crippen LogP contribution in [-0.2, 0) is 9.53 Å². The van der Waals surface area contributed by atoms with E-state index >= 15 is 0 Å². The quantitative estimate of drug-likeness (QED) is 0.863. The third kappa shape index (κ3) is 3.10. The maximum absolute atomic E-state index is 12.6. The minimum Gasteiger partial charge on any atom is -0.459 e. The molecule has 2 aromatic rings. The summed E-state index contributed by atoms with van der Waals surface area (Å²) in [5.74, 6) is 1.15. The van der Waals surface area contributed by atoms with Crippen LogP contribution >= 0.6 is 0 Å². The van der Waals surface area contributed by atoms with E-state index < -0.39 is 0 Å². The predicted octanol–water partition coefficient (Wildman–Crippen LogP) is 2.88. The second-order valence-electron chi connectivity index (χ2n) is 6.61. The summed E-state index contributed by atoms with van der Waals surface area (Å²) in [6, 6.07) is 15.4. The molecule has 2 amide bonds. The van der Waals surface area contributed by atoms with E-state index in [1.54, 1.807) is 7.05 Å². The van der Waals surface area contributed by atoms with Crippen molar-refractivity contribution in [1.82, 2.24) is 10.2 Å². The number of hydrogen-bond donors (Lipinski definition) is 1. The molecule has 1 fully saturated rings. The summed E-state index contributed by atoms with van der Waals surface area (Å²) >= 11 is 0. The van der Waals surface area contributed by atoms with E-state index in [4.69, 9.17) is 9.47 Å². The zero-order valence-electron chi connectivity index (χ0n) is 14.5. The van der Waals surface area contributed by atoms with Crippen LogP contribution in [-0.4, -0.2) is 43.1 Å². The smallest absolute Gasteiger partial charge is 0.317 e. The van der Waals surface area contributed by atoms with Gasteiger partial charge in [0.1, 0.15) is 17.6 Å². The monoisotopic (exact) mass is 352 g/mol. The first-order valence-electron chi connectivity index (χ1n) is 8.66. The number of urea groups is 1. The molecule has 2 aliphatic rings. The number of nitrogens with zero attached hydrogens (tertiary/aromatic N) is 1. The van der Waals surface area contributed by atoms with Gasteiger partial charge in [-0.25, -0.2) is 4.79 Å². The molecule has 0 bridgehead atoms. The van der Waals surface area contributed by atoms with Gasteiger partial charge in [-0.05, 0) is 12.1 Å². The van der Waals surface area contributed by atoms with Crippen LogP contribution in [0.5, 0.6) is 11.5 Å². The van der Waals surface area contributed by atoms with E-state index in [1.165, 1.54) is 4.90 Å². The second-order valence-corrected chi connectivity index (χ2v) is 6.61. The first-order chi connectivity index (χ1) is 12.6. The van der Waals surface area contributed by atoms with Gasteiger partial charge in [-0.2, -0.15) is 0 Å². The number of rotatable bonds is 3. The van der Waals surface area contributed by atoms with Crippen LogP contribution < -0.4 is 10.1 Å². The molecule has 1 atom stereocenters. The second kappa shape index (κ2) is 6.71. The van der Waals surface area contributed by atoms with Gasteiger partial charge < -0.3 is 19.7 Å². The molecule has 0 saturated carbocycles. The molecule has 6 heteroatoms. The Morgan fingerprint density at radius 3 is 2.38 bits per heavy atom. The highest BCUT2D eigenvalue weighted by Crippen LogP contribution is 2.45. The van der Waals surface area contributed by atoms with Crippen molar-refractivity contribution >= 4 is 12.0 Å². The summed E-state index contributed by atoms with van der Waals surface area (Å²) in [6.07, 6.45) is -0.110. The van der Waals surface area contributed by atoms with Crippen LogP contribution in [0.1, 0.15) is 23.5 Å². The number of carbonyl (C=O) groups excluding carboxylic acids is 2. The first-order valence-corrected chi connectivity index (χ1v) is 8.66. The van der Waals surface area contributed by atoms with Gasteiger partial charge in [0.15, 0.2) is 0 Å². The van der Waals surface area contributed by atoms with Crippen LogP contribution in [0.15, 0.2) is 48.5 Å². The van der Waals surface area contributed by atoms with Crippen LogP contribution in [0.3, 0.4) is 0 Å². The van der Waals surface area contributed by atoms with Gasteiger partial charge in [0.25, 0.3) is 0 Å². The lowest BCUT2D eigenvalue weighted by molar-refractivity contribution is -0.150. The molecule has 2 aliphatic heterocycles. The number of hydrogen-bond acceptors (Lipinski definition) is 4. The molecule has 4 rings (SSSR count). The van der Waals surface area contributed by atoms with E-state index in [9.17, 15) is 9.59 Å². The van der Waals surface area contributed by atoms with Gasteiger partial charge in [0, 0.05) is 24.1 Å². The van der Waals surface area contributed by atoms with Crippen LogP contribution in [0.4, 0.5) is 4.79 Å². The van der Waals surface area contributed by atoms with Gasteiger partial charge in [-0.15, -0.1) is 0 Å². The first kappa shape index (κ1) is 16.4. The maximum atomic E-state index is 12.6. The zero-order valence-corrected chi connectivity index (χ0v) is 14.5. The van der Waals surface area contributed by atoms with Crippen molar-refractivity contribution in [2.45, 2.75) is 18.4 Å². The van der Waals surface area contributed by atoms with Crippen LogP contribution in [0, 0.1) is 0 Å². The van der Waals surface area contributed by atoms with Crippen molar-refractivity contribution in [2.75, 3.05) is 20.1 Å². The largest absolute Gasteiger partial charge is 0.459 e. The minimum absolute atomic E-state index is 0.112. The topological polar surface area (TPSA) is 67.9 Å². The number of fused-ring (bicyclic) bond motifs is 2. The molecule has 2 heterocycles. The Hall–Kier alpha value is -3.02. The number of amides is 2. The average Bonchev–Trinajstić information content (AvgIpc) is 2.64. The maximum Gasteiger partial charge on any atom is 0.317 e. The Labute approximate surface area is 151 Å². The molecule has 134 valence electrons. The Morgan fingerprint density at radius 2 is 1.77 bits per heavy atom. The van der Waals surface area contributed by atoms with Gasteiger partial charge >= 0.3 is 12.0 Å². The average molecular weight is 352 g/mol. The van der Waals surface area contributed by atoms with Crippen molar-refractivity contribution in [1.29, 1.82) is 0 Å². The molecule has 6 nitrogen and oxygen atoms in total. The van der Waals surface area contributed by atoms with Crippen LogP contribution in [0.25, 0.3) is 0 Å². The van der Waals surface area contributed by atoms with E-state index in [2.05, 4.69) is 5.32 Å². The van der Waals surface area contributed by atoms with E-state index in [-0.39, 0.29) is 30.4 Å².